The number of nitrogens with zero attached hydrogens (tertiary/aromatic N) is 3. The van der Waals surface area contributed by atoms with Crippen molar-refractivity contribution in [1.82, 2.24) is 14.7 Å². The Labute approximate surface area is 118 Å². The van der Waals surface area contributed by atoms with E-state index in [4.69, 9.17) is 5.11 Å². The molecular weight excluding hydrogens is 262 g/mol. The van der Waals surface area contributed by atoms with Crippen molar-refractivity contribution >= 4 is 17.9 Å². The minimum Gasteiger partial charge on any atom is -0.481 e. The number of carboxylic acid groups (broad SMARTS) is 1. The molecule has 2 rings (SSSR count). The quantitative estimate of drug-likeness (QED) is 0.777. The van der Waals surface area contributed by atoms with Crippen LogP contribution in [0.1, 0.15) is 20.3 Å². The van der Waals surface area contributed by atoms with E-state index < -0.39 is 11.5 Å². The molecule has 3 amide bonds. The third kappa shape index (κ3) is 2.44. The van der Waals surface area contributed by atoms with Gasteiger partial charge in [0.2, 0.25) is 5.91 Å². The lowest BCUT2D eigenvalue weighted by atomic mass is 9.95. The maximum Gasteiger partial charge on any atom is 0.320 e. The molecule has 0 aliphatic carbocycles. The Kier molecular flexibility index (Phi) is 3.62. The molecular formula is C13H21N3O4. The van der Waals surface area contributed by atoms with E-state index in [1.807, 2.05) is 0 Å². The summed E-state index contributed by atoms with van der Waals surface area (Å²) < 4.78 is 0. The number of hydrogen-bond acceptors (Lipinski definition) is 3. The third-order valence-corrected chi connectivity index (χ3v) is 4.13. The van der Waals surface area contributed by atoms with Crippen molar-refractivity contribution in [2.75, 3.05) is 33.2 Å². The highest BCUT2D eigenvalue weighted by atomic mass is 16.4. The van der Waals surface area contributed by atoms with Crippen LogP contribution in [0.5, 0.6) is 0 Å². The topological polar surface area (TPSA) is 81.2 Å². The summed E-state index contributed by atoms with van der Waals surface area (Å²) in [6.07, 6.45) is 0.0921. The minimum absolute atomic E-state index is 0.0303. The van der Waals surface area contributed by atoms with Crippen molar-refractivity contribution in [3.63, 3.8) is 0 Å². The Balaban J connectivity index is 1.97. The number of urea groups is 1. The molecule has 0 unspecified atom stereocenters. The molecule has 2 saturated heterocycles. The number of likely N-dealkylation sites (N-methyl/N-ethyl adjacent to an activating group) is 1. The maximum absolute atomic E-state index is 12.4. The van der Waals surface area contributed by atoms with E-state index in [0.717, 1.165) is 0 Å². The fourth-order valence-corrected chi connectivity index (χ4v) is 2.82. The second-order valence-electron chi connectivity index (χ2n) is 6.09. The predicted molar refractivity (Wildman–Crippen MR) is 71.1 cm³/mol. The fourth-order valence-electron chi connectivity index (χ4n) is 2.82. The van der Waals surface area contributed by atoms with Crippen LogP contribution >= 0.6 is 0 Å². The molecule has 0 spiro atoms. The average Bonchev–Trinajstić information content (AvgIpc) is 2.29. The molecule has 0 saturated carbocycles. The van der Waals surface area contributed by atoms with E-state index in [9.17, 15) is 14.4 Å². The molecule has 112 valence electrons. The summed E-state index contributed by atoms with van der Waals surface area (Å²) in [7, 11) is 1.73. The molecule has 2 aliphatic rings. The van der Waals surface area contributed by atoms with Crippen LogP contribution in [0, 0.1) is 5.92 Å². The summed E-state index contributed by atoms with van der Waals surface area (Å²) in [4.78, 5) is 40.0. The molecule has 7 nitrogen and oxygen atoms in total. The zero-order valence-corrected chi connectivity index (χ0v) is 12.1. The van der Waals surface area contributed by atoms with Gasteiger partial charge in [0, 0.05) is 39.1 Å². The maximum atomic E-state index is 12.4. The van der Waals surface area contributed by atoms with Crippen LogP contribution in [0.2, 0.25) is 0 Å². The van der Waals surface area contributed by atoms with Gasteiger partial charge in [-0.1, -0.05) is 0 Å². The Hall–Kier alpha value is -1.79. The summed E-state index contributed by atoms with van der Waals surface area (Å²) in [6, 6.07) is -0.168. The van der Waals surface area contributed by atoms with Crippen LogP contribution in [0.15, 0.2) is 0 Å². The van der Waals surface area contributed by atoms with E-state index >= 15 is 0 Å². The number of piperazine rings is 1. The van der Waals surface area contributed by atoms with Crippen LogP contribution in [-0.4, -0.2) is 76.5 Å². The van der Waals surface area contributed by atoms with Crippen LogP contribution < -0.4 is 0 Å². The smallest absolute Gasteiger partial charge is 0.320 e. The molecule has 20 heavy (non-hydrogen) atoms. The van der Waals surface area contributed by atoms with Gasteiger partial charge in [0.25, 0.3) is 0 Å². The first-order valence-corrected chi connectivity index (χ1v) is 6.77. The van der Waals surface area contributed by atoms with Gasteiger partial charge in [-0.05, 0) is 13.8 Å². The summed E-state index contributed by atoms with van der Waals surface area (Å²) in [5, 5.41) is 8.71. The van der Waals surface area contributed by atoms with Gasteiger partial charge in [-0.25, -0.2) is 4.79 Å². The van der Waals surface area contributed by atoms with Gasteiger partial charge in [0.1, 0.15) is 5.54 Å². The first-order chi connectivity index (χ1) is 9.23. The molecule has 0 aromatic rings. The number of carbonyl (C=O) groups is 3. The lowest BCUT2D eigenvalue weighted by Gasteiger charge is -2.49. The molecule has 2 heterocycles. The number of aliphatic carboxylic acids is 1. The molecule has 2 aliphatic heterocycles. The third-order valence-electron chi connectivity index (χ3n) is 4.13. The van der Waals surface area contributed by atoms with Gasteiger partial charge < -0.3 is 19.8 Å². The first kappa shape index (κ1) is 14.6. The largest absolute Gasteiger partial charge is 0.481 e. The summed E-state index contributed by atoms with van der Waals surface area (Å²) >= 11 is 0. The number of rotatable bonds is 2. The van der Waals surface area contributed by atoms with Crippen molar-refractivity contribution in [3.8, 4) is 0 Å². The van der Waals surface area contributed by atoms with E-state index in [1.165, 1.54) is 0 Å². The summed E-state index contributed by atoms with van der Waals surface area (Å²) in [6.45, 7) is 5.45. The summed E-state index contributed by atoms with van der Waals surface area (Å²) in [5.41, 5.74) is -0.845. The molecule has 7 heteroatoms. The first-order valence-electron chi connectivity index (χ1n) is 6.77. The number of amides is 3. The molecule has 0 bridgehead atoms. The lowest BCUT2D eigenvalue weighted by molar-refractivity contribution is -0.145. The standard InChI is InChI=1S/C13H21N3O4/c1-13(2)11(19)14(3)4-5-16(13)12(20)15-7-9(8-15)6-10(17)18/h9H,4-8H2,1-3H3,(H,17,18). The number of likely N-dealkylation sites (tertiary alicyclic amines) is 1. The number of carboxylic acids is 1. The zero-order chi connectivity index (χ0) is 15.1. The van der Waals surface area contributed by atoms with Gasteiger partial charge in [-0.2, -0.15) is 0 Å². The second kappa shape index (κ2) is 4.96. The SMILES string of the molecule is CN1CCN(C(=O)N2CC(CC(=O)O)C2)C(C)(C)C1=O. The molecule has 0 atom stereocenters. The van der Waals surface area contributed by atoms with E-state index in [-0.39, 0.29) is 24.3 Å². The summed E-state index contributed by atoms with van der Waals surface area (Å²) in [5.74, 6) is -0.875. The predicted octanol–water partition coefficient (Wildman–Crippen LogP) is 0.0655. The van der Waals surface area contributed by atoms with Gasteiger partial charge in [0.15, 0.2) is 0 Å². The Morgan fingerprint density at radius 2 is 1.90 bits per heavy atom. The molecule has 0 aromatic carbocycles. The zero-order valence-electron chi connectivity index (χ0n) is 12.1. The van der Waals surface area contributed by atoms with Gasteiger partial charge in [-0.3, -0.25) is 9.59 Å². The highest BCUT2D eigenvalue weighted by Gasteiger charge is 2.46. The van der Waals surface area contributed by atoms with Crippen LogP contribution in [0.25, 0.3) is 0 Å². The van der Waals surface area contributed by atoms with Crippen molar-refractivity contribution < 1.29 is 19.5 Å². The normalized spacial score (nSPS) is 22.8. The Bertz CT molecular complexity index is 443. The van der Waals surface area contributed by atoms with E-state index in [2.05, 4.69) is 0 Å². The number of carbonyl (C=O) groups excluding carboxylic acids is 2. The van der Waals surface area contributed by atoms with E-state index in [1.54, 1.807) is 35.6 Å². The number of hydrogen-bond donors (Lipinski definition) is 1. The minimum atomic E-state index is -0.845. The Morgan fingerprint density at radius 3 is 2.45 bits per heavy atom. The van der Waals surface area contributed by atoms with Gasteiger partial charge in [-0.15, -0.1) is 0 Å². The van der Waals surface area contributed by atoms with Crippen LogP contribution in [-0.2, 0) is 9.59 Å². The van der Waals surface area contributed by atoms with Crippen molar-refractivity contribution in [1.29, 1.82) is 0 Å². The van der Waals surface area contributed by atoms with Gasteiger partial charge in [0.05, 0.1) is 6.42 Å². The van der Waals surface area contributed by atoms with Crippen LogP contribution in [0.3, 0.4) is 0 Å². The van der Waals surface area contributed by atoms with Crippen LogP contribution in [0.4, 0.5) is 4.79 Å². The monoisotopic (exact) mass is 283 g/mol. The van der Waals surface area contributed by atoms with E-state index in [0.29, 0.717) is 26.2 Å². The Morgan fingerprint density at radius 1 is 1.30 bits per heavy atom. The molecule has 0 aromatic heterocycles. The van der Waals surface area contributed by atoms with Gasteiger partial charge >= 0.3 is 12.0 Å². The highest BCUT2D eigenvalue weighted by Crippen LogP contribution is 2.27. The fraction of sp³-hybridized carbons (Fsp3) is 0.769. The molecule has 1 N–H and O–H groups in total. The molecule has 0 radical (unpaired) electrons. The van der Waals surface area contributed by atoms with Crippen molar-refractivity contribution in [2.24, 2.45) is 5.92 Å². The highest BCUT2D eigenvalue weighted by molar-refractivity contribution is 5.91. The van der Waals surface area contributed by atoms with Crippen molar-refractivity contribution in [3.05, 3.63) is 0 Å². The lowest BCUT2D eigenvalue weighted by Crippen LogP contribution is -2.67. The molecule has 2 fully saturated rings. The second-order valence-corrected chi connectivity index (χ2v) is 6.09. The van der Waals surface area contributed by atoms with Crippen molar-refractivity contribution in [2.45, 2.75) is 25.8 Å². The average molecular weight is 283 g/mol.